The molecule has 1 aromatic carbocycles. The van der Waals surface area contributed by atoms with Gasteiger partial charge in [-0.15, -0.1) is 0 Å². The van der Waals surface area contributed by atoms with E-state index in [1.807, 2.05) is 24.3 Å². The maximum absolute atomic E-state index is 6.09. The van der Waals surface area contributed by atoms with Crippen LogP contribution in [0.3, 0.4) is 0 Å². The molecule has 94 valence electrons. The van der Waals surface area contributed by atoms with Gasteiger partial charge in [-0.2, -0.15) is 11.8 Å². The molecule has 0 radical (unpaired) electrons. The molecule has 0 aromatic heterocycles. The van der Waals surface area contributed by atoms with Crippen LogP contribution < -0.4 is 5.32 Å². The standard InChI is InChI=1S/C13H19ClN2S/c1-16(11-6-9-17-10-11)8-7-15-13-5-3-2-4-12(13)14/h2-5,11,15H,6-10H2,1H3. The number of hydrogen-bond acceptors (Lipinski definition) is 3. The van der Waals surface area contributed by atoms with E-state index in [1.54, 1.807) is 0 Å². The Bertz CT molecular complexity index is 353. The highest BCUT2D eigenvalue weighted by molar-refractivity contribution is 7.99. The molecular formula is C13H19ClN2S. The molecule has 1 saturated heterocycles. The van der Waals surface area contributed by atoms with Crippen molar-refractivity contribution in [2.45, 2.75) is 12.5 Å². The summed E-state index contributed by atoms with van der Waals surface area (Å²) >= 11 is 8.15. The number of para-hydroxylation sites is 1. The molecule has 1 N–H and O–H groups in total. The Hall–Kier alpha value is -0.380. The van der Waals surface area contributed by atoms with Gasteiger partial charge in [-0.25, -0.2) is 0 Å². The molecule has 2 rings (SSSR count). The second-order valence-corrected chi connectivity index (χ2v) is 5.96. The maximum atomic E-state index is 6.09. The second kappa shape index (κ2) is 6.53. The second-order valence-electron chi connectivity index (χ2n) is 4.40. The van der Waals surface area contributed by atoms with E-state index in [4.69, 9.17) is 11.6 Å². The average Bonchev–Trinajstić information content (AvgIpc) is 2.85. The third-order valence-electron chi connectivity index (χ3n) is 3.18. The number of nitrogens with zero attached hydrogens (tertiary/aromatic N) is 1. The lowest BCUT2D eigenvalue weighted by Gasteiger charge is -2.23. The summed E-state index contributed by atoms with van der Waals surface area (Å²) in [5, 5.41) is 4.18. The van der Waals surface area contributed by atoms with Crippen molar-refractivity contribution < 1.29 is 0 Å². The van der Waals surface area contributed by atoms with Crippen LogP contribution in [0.1, 0.15) is 6.42 Å². The molecule has 0 saturated carbocycles. The van der Waals surface area contributed by atoms with Gasteiger partial charge >= 0.3 is 0 Å². The SMILES string of the molecule is CN(CCNc1ccccc1Cl)C1CCSC1. The van der Waals surface area contributed by atoms with Gasteiger partial charge in [0.2, 0.25) is 0 Å². The number of hydrogen-bond donors (Lipinski definition) is 1. The Balaban J connectivity index is 1.74. The zero-order valence-corrected chi connectivity index (χ0v) is 11.7. The van der Waals surface area contributed by atoms with Crippen molar-refractivity contribution in [2.75, 3.05) is 37.0 Å². The van der Waals surface area contributed by atoms with E-state index in [2.05, 4.69) is 29.0 Å². The van der Waals surface area contributed by atoms with Gasteiger partial charge in [0.15, 0.2) is 0 Å². The molecular weight excluding hydrogens is 252 g/mol. The Morgan fingerprint density at radius 1 is 1.47 bits per heavy atom. The molecule has 0 bridgehead atoms. The molecule has 1 aromatic rings. The summed E-state index contributed by atoms with van der Waals surface area (Å²) in [4.78, 5) is 2.45. The van der Waals surface area contributed by atoms with Crippen LogP contribution in [0.5, 0.6) is 0 Å². The van der Waals surface area contributed by atoms with Crippen LogP contribution in [0, 0.1) is 0 Å². The summed E-state index contributed by atoms with van der Waals surface area (Å²) in [6.45, 7) is 2.01. The van der Waals surface area contributed by atoms with Gasteiger partial charge in [0.05, 0.1) is 10.7 Å². The quantitative estimate of drug-likeness (QED) is 0.885. The first-order valence-corrected chi connectivity index (χ1v) is 7.57. The number of benzene rings is 1. The highest BCUT2D eigenvalue weighted by Crippen LogP contribution is 2.22. The van der Waals surface area contributed by atoms with E-state index in [1.165, 1.54) is 17.9 Å². The Morgan fingerprint density at radius 2 is 2.29 bits per heavy atom. The molecule has 1 heterocycles. The normalized spacial score (nSPS) is 19.8. The van der Waals surface area contributed by atoms with Crippen LogP contribution in [0.2, 0.25) is 5.02 Å². The lowest BCUT2D eigenvalue weighted by molar-refractivity contribution is 0.272. The van der Waals surface area contributed by atoms with E-state index < -0.39 is 0 Å². The van der Waals surface area contributed by atoms with Crippen LogP contribution >= 0.6 is 23.4 Å². The van der Waals surface area contributed by atoms with E-state index in [0.717, 1.165) is 29.8 Å². The Labute approximate surface area is 113 Å². The van der Waals surface area contributed by atoms with Crippen LogP contribution in [-0.4, -0.2) is 42.6 Å². The summed E-state index contributed by atoms with van der Waals surface area (Å²) in [6, 6.07) is 8.66. The molecule has 17 heavy (non-hydrogen) atoms. The zero-order chi connectivity index (χ0) is 12.1. The largest absolute Gasteiger partial charge is 0.383 e. The first-order chi connectivity index (χ1) is 8.27. The molecule has 1 atom stereocenters. The summed E-state index contributed by atoms with van der Waals surface area (Å²) < 4.78 is 0. The predicted octanol–water partition coefficient (Wildman–Crippen LogP) is 3.19. The number of nitrogens with one attached hydrogen (secondary N) is 1. The molecule has 0 spiro atoms. The maximum Gasteiger partial charge on any atom is 0.0637 e. The minimum absolute atomic E-state index is 0.757. The summed E-state index contributed by atoms with van der Waals surface area (Å²) in [5.74, 6) is 2.59. The number of likely N-dealkylation sites (N-methyl/N-ethyl adjacent to an activating group) is 1. The lowest BCUT2D eigenvalue weighted by Crippen LogP contribution is -2.35. The molecule has 4 heteroatoms. The van der Waals surface area contributed by atoms with Gasteiger partial charge < -0.3 is 10.2 Å². The minimum atomic E-state index is 0.757. The summed E-state index contributed by atoms with van der Waals surface area (Å²) in [5.41, 5.74) is 1.03. The Kier molecular flexibility index (Phi) is 5.01. The molecule has 2 nitrogen and oxygen atoms in total. The molecule has 0 aliphatic carbocycles. The molecule has 1 aliphatic heterocycles. The van der Waals surface area contributed by atoms with Gasteiger partial charge in [0.1, 0.15) is 0 Å². The lowest BCUT2D eigenvalue weighted by atomic mass is 10.2. The van der Waals surface area contributed by atoms with Crippen molar-refractivity contribution in [3.05, 3.63) is 29.3 Å². The van der Waals surface area contributed by atoms with Crippen LogP contribution in [0.15, 0.2) is 24.3 Å². The van der Waals surface area contributed by atoms with Crippen molar-refractivity contribution in [3.63, 3.8) is 0 Å². The monoisotopic (exact) mass is 270 g/mol. The first kappa shape index (κ1) is 13.1. The van der Waals surface area contributed by atoms with E-state index in [9.17, 15) is 0 Å². The average molecular weight is 271 g/mol. The van der Waals surface area contributed by atoms with E-state index >= 15 is 0 Å². The van der Waals surface area contributed by atoms with E-state index in [-0.39, 0.29) is 0 Å². The van der Waals surface area contributed by atoms with Crippen LogP contribution in [0.4, 0.5) is 5.69 Å². The van der Waals surface area contributed by atoms with Crippen molar-refractivity contribution in [1.82, 2.24) is 4.90 Å². The van der Waals surface area contributed by atoms with Gasteiger partial charge in [-0.1, -0.05) is 23.7 Å². The van der Waals surface area contributed by atoms with Gasteiger partial charge in [0, 0.05) is 24.9 Å². The van der Waals surface area contributed by atoms with E-state index in [0.29, 0.717) is 0 Å². The topological polar surface area (TPSA) is 15.3 Å². The number of halogens is 1. The summed E-state index contributed by atoms with van der Waals surface area (Å²) in [6.07, 6.45) is 1.33. The van der Waals surface area contributed by atoms with Crippen molar-refractivity contribution in [3.8, 4) is 0 Å². The smallest absolute Gasteiger partial charge is 0.0637 e. The predicted molar refractivity (Wildman–Crippen MR) is 78.3 cm³/mol. The Morgan fingerprint density at radius 3 is 3.00 bits per heavy atom. The van der Waals surface area contributed by atoms with Gasteiger partial charge in [-0.05, 0) is 31.4 Å². The fourth-order valence-electron chi connectivity index (χ4n) is 2.02. The van der Waals surface area contributed by atoms with Crippen LogP contribution in [-0.2, 0) is 0 Å². The van der Waals surface area contributed by atoms with Gasteiger partial charge in [0.25, 0.3) is 0 Å². The highest BCUT2D eigenvalue weighted by Gasteiger charge is 2.19. The molecule has 1 aliphatic rings. The molecule has 1 fully saturated rings. The van der Waals surface area contributed by atoms with Gasteiger partial charge in [-0.3, -0.25) is 0 Å². The van der Waals surface area contributed by atoms with Crippen molar-refractivity contribution in [2.24, 2.45) is 0 Å². The number of anilines is 1. The number of rotatable bonds is 5. The molecule has 0 amide bonds. The molecule has 1 unspecified atom stereocenters. The number of thioether (sulfide) groups is 1. The first-order valence-electron chi connectivity index (χ1n) is 6.04. The highest BCUT2D eigenvalue weighted by atomic mass is 35.5. The van der Waals surface area contributed by atoms with Crippen molar-refractivity contribution >= 4 is 29.1 Å². The van der Waals surface area contributed by atoms with Crippen LogP contribution in [0.25, 0.3) is 0 Å². The fraction of sp³-hybridized carbons (Fsp3) is 0.538. The fourth-order valence-corrected chi connectivity index (χ4v) is 3.52. The third-order valence-corrected chi connectivity index (χ3v) is 4.66. The summed E-state index contributed by atoms with van der Waals surface area (Å²) in [7, 11) is 2.21. The minimum Gasteiger partial charge on any atom is -0.383 e. The third kappa shape index (κ3) is 3.80. The zero-order valence-electron chi connectivity index (χ0n) is 10.2. The van der Waals surface area contributed by atoms with Crippen molar-refractivity contribution in [1.29, 1.82) is 0 Å².